The van der Waals surface area contributed by atoms with Crippen LogP contribution in [0, 0.1) is 10.8 Å². The van der Waals surface area contributed by atoms with Gasteiger partial charge in [-0.15, -0.1) is 6.58 Å². The van der Waals surface area contributed by atoms with Gasteiger partial charge in [0.25, 0.3) is 0 Å². The summed E-state index contributed by atoms with van der Waals surface area (Å²) in [6.07, 6.45) is 4.48. The molecule has 2 aromatic rings. The van der Waals surface area contributed by atoms with Crippen molar-refractivity contribution in [3.63, 3.8) is 0 Å². The highest BCUT2D eigenvalue weighted by Crippen LogP contribution is 2.42. The Balaban J connectivity index is 1.93. The van der Waals surface area contributed by atoms with E-state index in [-0.39, 0.29) is 25.0 Å². The minimum Gasteiger partial charge on any atom is -0.496 e. The van der Waals surface area contributed by atoms with Crippen LogP contribution in [0.1, 0.15) is 65.0 Å². The zero-order valence-corrected chi connectivity index (χ0v) is 27.5. The van der Waals surface area contributed by atoms with Crippen LogP contribution in [-0.4, -0.2) is 69.4 Å². The third-order valence-corrected chi connectivity index (χ3v) is 8.49. The van der Waals surface area contributed by atoms with E-state index < -0.39 is 41.1 Å². The van der Waals surface area contributed by atoms with Gasteiger partial charge < -0.3 is 29.2 Å². The minimum absolute atomic E-state index is 0.0733. The molecule has 0 radical (unpaired) electrons. The fraction of sp³-hybridized carbons (Fsp3) is 0.514. The van der Waals surface area contributed by atoms with E-state index in [2.05, 4.69) is 32.3 Å². The molecule has 1 aliphatic heterocycles. The fourth-order valence-electron chi connectivity index (χ4n) is 5.73. The maximum absolute atomic E-state index is 14.2. The SMILES string of the molecule is C=CCC(C)(C)CCOC(=O)NC(C(=O)N1C[C@](OC)(c2ccc3cc(OC)c(C=C)cc3c2)C[C@H]1C(=O)OC)C(C)(C)C. The quantitative estimate of drug-likeness (QED) is 0.225. The molecular weight excluding hydrogens is 560 g/mol. The van der Waals surface area contributed by atoms with Crippen LogP contribution in [0.4, 0.5) is 4.79 Å². The van der Waals surface area contributed by atoms with E-state index in [1.807, 2.05) is 57.2 Å². The number of amides is 2. The van der Waals surface area contributed by atoms with Crippen molar-refractivity contribution in [3.8, 4) is 5.75 Å². The first kappa shape index (κ1) is 34.6. The molecule has 1 unspecified atom stereocenters. The van der Waals surface area contributed by atoms with E-state index in [1.165, 1.54) is 12.0 Å². The normalized spacial score (nSPS) is 19.3. The molecule has 1 N–H and O–H groups in total. The van der Waals surface area contributed by atoms with Crippen LogP contribution in [-0.2, 0) is 29.4 Å². The predicted molar refractivity (Wildman–Crippen MR) is 172 cm³/mol. The summed E-state index contributed by atoms with van der Waals surface area (Å²) < 4.78 is 22.2. The molecule has 0 spiro atoms. The van der Waals surface area contributed by atoms with Gasteiger partial charge in [0, 0.05) is 19.1 Å². The molecule has 0 bridgehead atoms. The molecule has 44 heavy (non-hydrogen) atoms. The maximum Gasteiger partial charge on any atom is 0.407 e. The Kier molecular flexibility index (Phi) is 10.9. The zero-order chi connectivity index (χ0) is 32.9. The van der Waals surface area contributed by atoms with Gasteiger partial charge >= 0.3 is 12.1 Å². The molecule has 3 rings (SSSR count). The van der Waals surface area contributed by atoms with Crippen molar-refractivity contribution in [1.29, 1.82) is 0 Å². The molecular formula is C35H48N2O7. The highest BCUT2D eigenvalue weighted by atomic mass is 16.5. The van der Waals surface area contributed by atoms with Crippen LogP contribution < -0.4 is 10.1 Å². The number of nitrogens with zero attached hydrogens (tertiary/aromatic N) is 1. The number of nitrogens with one attached hydrogen (secondary N) is 1. The second-order valence-electron chi connectivity index (χ2n) is 13.3. The summed E-state index contributed by atoms with van der Waals surface area (Å²) in [5.74, 6) is -0.267. The first-order chi connectivity index (χ1) is 20.6. The van der Waals surface area contributed by atoms with Gasteiger partial charge in [-0.3, -0.25) is 4.79 Å². The number of hydrogen-bond donors (Lipinski definition) is 1. The maximum atomic E-state index is 14.2. The van der Waals surface area contributed by atoms with Gasteiger partial charge in [-0.1, -0.05) is 65.5 Å². The van der Waals surface area contributed by atoms with Crippen molar-refractivity contribution in [2.75, 3.05) is 34.5 Å². The molecule has 1 aliphatic rings. The monoisotopic (exact) mass is 608 g/mol. The van der Waals surface area contributed by atoms with Crippen molar-refractivity contribution in [1.82, 2.24) is 10.2 Å². The number of carbonyl (C=O) groups is 3. The molecule has 0 aromatic heterocycles. The van der Waals surface area contributed by atoms with Crippen molar-refractivity contribution in [2.45, 2.75) is 71.6 Å². The third kappa shape index (κ3) is 7.62. The summed E-state index contributed by atoms with van der Waals surface area (Å²) in [6.45, 7) is 17.7. The van der Waals surface area contributed by atoms with Crippen LogP contribution in [0.2, 0.25) is 0 Å². The summed E-state index contributed by atoms with van der Waals surface area (Å²) in [5.41, 5.74) is -0.124. The van der Waals surface area contributed by atoms with Gasteiger partial charge in [-0.05, 0) is 58.2 Å². The predicted octanol–water partition coefficient (Wildman–Crippen LogP) is 6.24. The average molecular weight is 609 g/mol. The van der Waals surface area contributed by atoms with Crippen LogP contribution in [0.25, 0.3) is 16.8 Å². The summed E-state index contributed by atoms with van der Waals surface area (Å²) in [7, 11) is 4.48. The number of esters is 1. The zero-order valence-electron chi connectivity index (χ0n) is 27.5. The second-order valence-corrected chi connectivity index (χ2v) is 13.3. The lowest BCUT2D eigenvalue weighted by atomic mass is 9.85. The van der Waals surface area contributed by atoms with E-state index in [0.29, 0.717) is 12.2 Å². The molecule has 1 saturated heterocycles. The Labute approximate surface area is 261 Å². The van der Waals surface area contributed by atoms with Crippen LogP contribution >= 0.6 is 0 Å². The van der Waals surface area contributed by atoms with Gasteiger partial charge in [0.05, 0.1) is 27.4 Å². The molecule has 0 aliphatic carbocycles. The summed E-state index contributed by atoms with van der Waals surface area (Å²) in [6, 6.07) is 7.92. The minimum atomic E-state index is -1.00. The van der Waals surface area contributed by atoms with Gasteiger partial charge in [-0.2, -0.15) is 0 Å². The molecule has 240 valence electrons. The highest BCUT2D eigenvalue weighted by molar-refractivity contribution is 5.92. The van der Waals surface area contributed by atoms with Gasteiger partial charge in [0.2, 0.25) is 5.91 Å². The number of benzene rings is 2. The number of alkyl carbamates (subject to hydrolysis) is 1. The largest absolute Gasteiger partial charge is 0.496 e. The number of methoxy groups -OCH3 is 3. The topological polar surface area (TPSA) is 103 Å². The number of ether oxygens (including phenoxy) is 4. The van der Waals surface area contributed by atoms with E-state index in [0.717, 1.165) is 28.3 Å². The van der Waals surface area contributed by atoms with Gasteiger partial charge in [0.15, 0.2) is 0 Å². The third-order valence-electron chi connectivity index (χ3n) is 8.49. The van der Waals surface area contributed by atoms with Gasteiger partial charge in [-0.25, -0.2) is 9.59 Å². The Morgan fingerprint density at radius 3 is 2.34 bits per heavy atom. The van der Waals surface area contributed by atoms with Crippen molar-refractivity contribution < 1.29 is 33.3 Å². The second kappa shape index (κ2) is 13.8. The first-order valence-electron chi connectivity index (χ1n) is 14.9. The fourth-order valence-corrected chi connectivity index (χ4v) is 5.73. The number of fused-ring (bicyclic) bond motifs is 1. The molecule has 9 heteroatoms. The molecule has 2 aromatic carbocycles. The standard InChI is InChI=1S/C35H48N2O7/c1-11-15-34(6,7)16-17-44-32(40)36-29(33(3,4)5)30(38)37-22-35(43-10,21-27(37)31(39)42-9)26-14-13-24-20-28(41-8)23(12-2)18-25(24)19-26/h11-14,18-20,27,29H,1-2,15-17,21-22H2,3-10H3,(H,36,40)/t27-,29?,35-/m0/s1. The number of carbonyl (C=O) groups excluding carboxylic acids is 3. The Bertz CT molecular complexity index is 1390. The molecule has 9 nitrogen and oxygen atoms in total. The lowest BCUT2D eigenvalue weighted by molar-refractivity contribution is -0.152. The molecule has 0 saturated carbocycles. The lowest BCUT2D eigenvalue weighted by Gasteiger charge is -2.35. The van der Waals surface area contributed by atoms with E-state index >= 15 is 0 Å². The average Bonchev–Trinajstić information content (AvgIpc) is 3.38. The number of hydrogen-bond acceptors (Lipinski definition) is 7. The highest BCUT2D eigenvalue weighted by Gasteiger charge is 2.53. The molecule has 2 amide bonds. The molecule has 3 atom stereocenters. The van der Waals surface area contributed by atoms with Crippen molar-refractivity contribution in [2.24, 2.45) is 10.8 Å². The smallest absolute Gasteiger partial charge is 0.407 e. The van der Waals surface area contributed by atoms with Crippen molar-refractivity contribution in [3.05, 3.63) is 60.7 Å². The van der Waals surface area contributed by atoms with E-state index in [1.54, 1.807) is 20.3 Å². The Hall–Kier alpha value is -3.85. The lowest BCUT2D eigenvalue weighted by Crippen LogP contribution is -2.57. The summed E-state index contributed by atoms with van der Waals surface area (Å²) >= 11 is 0. The first-order valence-corrected chi connectivity index (χ1v) is 14.9. The van der Waals surface area contributed by atoms with Gasteiger partial charge in [0.1, 0.15) is 23.4 Å². The number of rotatable bonds is 12. The number of allylic oxidation sites excluding steroid dienone is 1. The van der Waals surface area contributed by atoms with Crippen molar-refractivity contribution >= 4 is 34.8 Å². The summed E-state index contributed by atoms with van der Waals surface area (Å²) in [4.78, 5) is 41.7. The number of likely N-dealkylation sites (tertiary alicyclic amines) is 1. The van der Waals surface area contributed by atoms with E-state index in [4.69, 9.17) is 18.9 Å². The summed E-state index contributed by atoms with van der Waals surface area (Å²) in [5, 5.41) is 4.67. The van der Waals surface area contributed by atoms with Crippen LogP contribution in [0.3, 0.4) is 0 Å². The molecule has 1 fully saturated rings. The van der Waals surface area contributed by atoms with Crippen LogP contribution in [0.15, 0.2) is 49.6 Å². The Morgan fingerprint density at radius 1 is 1.07 bits per heavy atom. The van der Waals surface area contributed by atoms with E-state index in [9.17, 15) is 14.4 Å². The Morgan fingerprint density at radius 2 is 1.77 bits per heavy atom. The molecule has 1 heterocycles. The van der Waals surface area contributed by atoms with Crippen LogP contribution in [0.5, 0.6) is 5.75 Å².